The molecule has 1 saturated carbocycles. The normalized spacial score (nSPS) is 23.5. The molecule has 0 N–H and O–H groups in total. The average molecular weight is 420 g/mol. The van der Waals surface area contributed by atoms with Crippen LogP contribution in [-0.4, -0.2) is 67.6 Å². The molecule has 3 fully saturated rings. The van der Waals surface area contributed by atoms with Crippen molar-refractivity contribution < 1.29 is 18.8 Å². The molecule has 168 valence electrons. The van der Waals surface area contributed by atoms with Gasteiger partial charge in [-0.2, -0.15) is 0 Å². The van der Waals surface area contributed by atoms with Gasteiger partial charge in [0.15, 0.2) is 11.6 Å². The Morgan fingerprint density at radius 3 is 2.23 bits per heavy atom. The first-order valence-corrected chi connectivity index (χ1v) is 11.7. The van der Waals surface area contributed by atoms with Gasteiger partial charge in [0.05, 0.1) is 19.3 Å². The Kier molecular flexibility index (Phi) is 6.98. The van der Waals surface area contributed by atoms with Crippen molar-refractivity contribution in [1.29, 1.82) is 0 Å². The first-order valence-electron chi connectivity index (χ1n) is 11.7. The molecule has 1 aliphatic carbocycles. The second kappa shape index (κ2) is 9.69. The van der Waals surface area contributed by atoms with E-state index in [0.29, 0.717) is 18.0 Å². The zero-order valence-corrected chi connectivity index (χ0v) is 18.7. The highest BCUT2D eigenvalue weighted by molar-refractivity contribution is 5.77. The van der Waals surface area contributed by atoms with Crippen LogP contribution in [0.4, 0.5) is 5.82 Å². The summed E-state index contributed by atoms with van der Waals surface area (Å²) in [5.41, 5.74) is 0. The van der Waals surface area contributed by atoms with Crippen molar-refractivity contribution in [1.82, 2.24) is 10.1 Å². The van der Waals surface area contributed by atoms with Crippen molar-refractivity contribution in [2.24, 2.45) is 5.92 Å². The number of piperidine rings is 2. The van der Waals surface area contributed by atoms with E-state index < -0.39 is 5.92 Å². The van der Waals surface area contributed by atoms with E-state index in [4.69, 9.17) is 14.0 Å². The Balaban J connectivity index is 1.24. The van der Waals surface area contributed by atoms with Gasteiger partial charge in [0.2, 0.25) is 0 Å². The van der Waals surface area contributed by atoms with E-state index in [0.717, 1.165) is 37.8 Å². The van der Waals surface area contributed by atoms with Gasteiger partial charge in [-0.15, -0.1) is 0 Å². The van der Waals surface area contributed by atoms with Crippen molar-refractivity contribution in [3.05, 3.63) is 11.8 Å². The lowest BCUT2D eigenvalue weighted by molar-refractivity contribution is -0.144. The lowest BCUT2D eigenvalue weighted by Gasteiger charge is -2.42. The number of hydrogen-bond donors (Lipinski definition) is 0. The number of rotatable bonds is 7. The largest absolute Gasteiger partial charge is 0.468 e. The molecule has 2 saturated heterocycles. The predicted molar refractivity (Wildman–Crippen MR) is 115 cm³/mol. The van der Waals surface area contributed by atoms with Crippen LogP contribution in [0.25, 0.3) is 0 Å². The van der Waals surface area contributed by atoms with Gasteiger partial charge in [0, 0.05) is 38.3 Å². The SMILES string of the molecule is COC(=O)C(c1cc(N2CCC(OC3CCN(C4CCC4)CC3)CC2)no1)C(C)C. The van der Waals surface area contributed by atoms with E-state index in [2.05, 4.69) is 15.0 Å². The fourth-order valence-electron chi connectivity index (χ4n) is 5.04. The van der Waals surface area contributed by atoms with E-state index in [1.807, 2.05) is 19.9 Å². The molecule has 4 rings (SSSR count). The van der Waals surface area contributed by atoms with E-state index in [9.17, 15) is 4.79 Å². The van der Waals surface area contributed by atoms with Crippen LogP contribution in [0, 0.1) is 5.92 Å². The summed E-state index contributed by atoms with van der Waals surface area (Å²) in [6.45, 7) is 8.19. The molecule has 1 aromatic heterocycles. The Hall–Kier alpha value is -1.60. The Bertz CT molecular complexity index is 686. The number of carbonyl (C=O) groups is 1. The topological polar surface area (TPSA) is 68.0 Å². The van der Waals surface area contributed by atoms with E-state index in [-0.39, 0.29) is 11.9 Å². The molecule has 0 radical (unpaired) electrons. The molecule has 7 heteroatoms. The van der Waals surface area contributed by atoms with Crippen LogP contribution in [0.3, 0.4) is 0 Å². The van der Waals surface area contributed by atoms with Crippen LogP contribution >= 0.6 is 0 Å². The molecular formula is C23H37N3O4. The van der Waals surface area contributed by atoms with E-state index >= 15 is 0 Å². The molecule has 1 unspecified atom stereocenters. The summed E-state index contributed by atoms with van der Waals surface area (Å²) in [5.74, 6) is 0.800. The van der Waals surface area contributed by atoms with Crippen LogP contribution in [-0.2, 0) is 14.3 Å². The maximum Gasteiger partial charge on any atom is 0.316 e. The van der Waals surface area contributed by atoms with Gasteiger partial charge in [0.25, 0.3) is 0 Å². The van der Waals surface area contributed by atoms with Crippen LogP contribution in [0.15, 0.2) is 10.6 Å². The lowest BCUT2D eigenvalue weighted by Crippen LogP contribution is -2.47. The van der Waals surface area contributed by atoms with Crippen LogP contribution in [0.5, 0.6) is 0 Å². The van der Waals surface area contributed by atoms with Crippen LogP contribution in [0.1, 0.15) is 70.5 Å². The highest BCUT2D eigenvalue weighted by Gasteiger charge is 2.32. The molecule has 3 aliphatic rings. The molecule has 1 atom stereocenters. The lowest BCUT2D eigenvalue weighted by atomic mass is 9.89. The molecule has 0 aromatic carbocycles. The van der Waals surface area contributed by atoms with Crippen molar-refractivity contribution in [3.63, 3.8) is 0 Å². The molecule has 0 spiro atoms. The monoisotopic (exact) mass is 419 g/mol. The van der Waals surface area contributed by atoms with Gasteiger partial charge in [-0.3, -0.25) is 4.79 Å². The van der Waals surface area contributed by atoms with Crippen LogP contribution in [0.2, 0.25) is 0 Å². The first kappa shape index (κ1) is 21.6. The summed E-state index contributed by atoms with van der Waals surface area (Å²) in [6.07, 6.45) is 9.32. The van der Waals surface area contributed by atoms with Crippen molar-refractivity contribution in [2.75, 3.05) is 38.2 Å². The summed E-state index contributed by atoms with van der Waals surface area (Å²) >= 11 is 0. The van der Waals surface area contributed by atoms with Gasteiger partial charge in [-0.05, 0) is 44.4 Å². The second-order valence-corrected chi connectivity index (χ2v) is 9.47. The summed E-state index contributed by atoms with van der Waals surface area (Å²) in [7, 11) is 1.41. The van der Waals surface area contributed by atoms with Gasteiger partial charge in [-0.25, -0.2) is 0 Å². The Morgan fingerprint density at radius 1 is 1.07 bits per heavy atom. The van der Waals surface area contributed by atoms with Gasteiger partial charge < -0.3 is 23.8 Å². The quantitative estimate of drug-likeness (QED) is 0.626. The maximum absolute atomic E-state index is 12.1. The number of aromatic nitrogens is 1. The van der Waals surface area contributed by atoms with Crippen molar-refractivity contribution in [2.45, 2.75) is 83.0 Å². The number of esters is 1. The third-order valence-corrected chi connectivity index (χ3v) is 7.16. The number of hydrogen-bond acceptors (Lipinski definition) is 7. The standard InChI is InChI=1S/C23H37N3O4/c1-16(2)22(23(27)28-3)20-15-21(24-30-20)26-13-9-19(10-14-26)29-18-7-11-25(12-8-18)17-5-4-6-17/h15-19,22H,4-14H2,1-3H3. The molecule has 0 bridgehead atoms. The number of likely N-dealkylation sites (tertiary alicyclic amines) is 1. The third-order valence-electron chi connectivity index (χ3n) is 7.16. The zero-order valence-electron chi connectivity index (χ0n) is 18.7. The summed E-state index contributed by atoms with van der Waals surface area (Å²) in [5, 5.41) is 4.24. The molecule has 2 aliphatic heterocycles. The number of anilines is 1. The van der Waals surface area contributed by atoms with Gasteiger partial charge in [-0.1, -0.05) is 25.4 Å². The summed E-state index contributed by atoms with van der Waals surface area (Å²) in [4.78, 5) is 17.0. The maximum atomic E-state index is 12.1. The Labute approximate surface area is 180 Å². The first-order chi connectivity index (χ1) is 14.5. The third kappa shape index (κ3) is 4.83. The number of carbonyl (C=O) groups excluding carboxylic acids is 1. The van der Waals surface area contributed by atoms with Crippen LogP contribution < -0.4 is 4.90 Å². The predicted octanol–water partition coefficient (Wildman–Crippen LogP) is 3.59. The smallest absolute Gasteiger partial charge is 0.316 e. The average Bonchev–Trinajstić information content (AvgIpc) is 3.18. The minimum atomic E-state index is -0.414. The number of nitrogens with zero attached hydrogens (tertiary/aromatic N) is 3. The highest BCUT2D eigenvalue weighted by atomic mass is 16.5. The minimum Gasteiger partial charge on any atom is -0.468 e. The molecular weight excluding hydrogens is 382 g/mol. The van der Waals surface area contributed by atoms with Crippen molar-refractivity contribution in [3.8, 4) is 0 Å². The Morgan fingerprint density at radius 2 is 1.70 bits per heavy atom. The van der Waals surface area contributed by atoms with Crippen molar-refractivity contribution >= 4 is 11.8 Å². The van der Waals surface area contributed by atoms with E-state index in [1.165, 1.54) is 52.3 Å². The van der Waals surface area contributed by atoms with E-state index in [1.54, 1.807) is 0 Å². The second-order valence-electron chi connectivity index (χ2n) is 9.47. The fraction of sp³-hybridized carbons (Fsp3) is 0.826. The minimum absolute atomic E-state index is 0.0908. The summed E-state index contributed by atoms with van der Waals surface area (Å²) < 4.78 is 16.9. The number of ether oxygens (including phenoxy) is 2. The summed E-state index contributed by atoms with van der Waals surface area (Å²) in [6, 6.07) is 2.76. The number of methoxy groups -OCH3 is 1. The molecule has 30 heavy (non-hydrogen) atoms. The van der Waals surface area contributed by atoms with Gasteiger partial charge >= 0.3 is 5.97 Å². The highest BCUT2D eigenvalue weighted by Crippen LogP contribution is 2.31. The molecule has 1 aromatic rings. The molecule has 7 nitrogen and oxygen atoms in total. The fourth-order valence-corrected chi connectivity index (χ4v) is 5.04. The zero-order chi connectivity index (χ0) is 21.1. The molecule has 3 heterocycles. The molecule has 0 amide bonds. The van der Waals surface area contributed by atoms with Gasteiger partial charge in [0.1, 0.15) is 5.92 Å².